The van der Waals surface area contributed by atoms with Gasteiger partial charge in [-0.1, -0.05) is 60.7 Å². The molecule has 0 saturated carbocycles. The third kappa shape index (κ3) is 4.43. The molecule has 0 radical (unpaired) electrons. The third-order valence-electron chi connectivity index (χ3n) is 6.27. The molecule has 1 saturated heterocycles. The van der Waals surface area contributed by atoms with Crippen LogP contribution in [0.2, 0.25) is 0 Å². The van der Waals surface area contributed by atoms with Gasteiger partial charge in [0.2, 0.25) is 0 Å². The second-order valence-electron chi connectivity index (χ2n) is 8.62. The molecule has 2 aliphatic rings. The van der Waals surface area contributed by atoms with E-state index in [-0.39, 0.29) is 30.3 Å². The number of likely N-dealkylation sites (tertiary alicyclic amines) is 1. The van der Waals surface area contributed by atoms with Crippen molar-refractivity contribution in [2.45, 2.75) is 25.6 Å². The van der Waals surface area contributed by atoms with E-state index in [1.165, 1.54) is 10.5 Å². The summed E-state index contributed by atoms with van der Waals surface area (Å²) in [4.78, 5) is 42.1. The summed E-state index contributed by atoms with van der Waals surface area (Å²) in [6, 6.07) is 24.5. The fraction of sp³-hybridized carbons (Fsp3) is 0.222. The van der Waals surface area contributed by atoms with Crippen LogP contribution in [0.1, 0.15) is 48.6 Å². The van der Waals surface area contributed by atoms with Crippen LogP contribution >= 0.6 is 0 Å². The molecule has 1 atom stereocenters. The molecule has 5 rings (SSSR count). The number of hydrogen-bond acceptors (Lipinski definition) is 4. The first-order valence-corrected chi connectivity index (χ1v) is 11.2. The van der Waals surface area contributed by atoms with E-state index in [0.717, 1.165) is 31.6 Å². The van der Waals surface area contributed by atoms with Crippen LogP contribution in [0.15, 0.2) is 78.9 Å². The lowest BCUT2D eigenvalue weighted by molar-refractivity contribution is 0.0642. The minimum Gasteiger partial charge on any atom is -0.348 e. The van der Waals surface area contributed by atoms with Gasteiger partial charge in [0.25, 0.3) is 17.7 Å². The Morgan fingerprint density at radius 3 is 2.15 bits per heavy atom. The molecular formula is C27H25N3O3. The summed E-state index contributed by atoms with van der Waals surface area (Å²) in [5, 5.41) is 3.09. The number of fused-ring (bicyclic) bond motifs is 1. The van der Waals surface area contributed by atoms with Gasteiger partial charge in [-0.15, -0.1) is 0 Å². The largest absolute Gasteiger partial charge is 0.348 e. The zero-order valence-corrected chi connectivity index (χ0v) is 18.2. The Kier molecular flexibility index (Phi) is 5.75. The molecule has 0 aliphatic carbocycles. The summed E-state index contributed by atoms with van der Waals surface area (Å²) in [6.45, 7) is 2.78. The topological polar surface area (TPSA) is 69.7 Å². The second-order valence-corrected chi connectivity index (χ2v) is 8.62. The van der Waals surface area contributed by atoms with Gasteiger partial charge in [0, 0.05) is 31.2 Å². The van der Waals surface area contributed by atoms with E-state index in [4.69, 9.17) is 0 Å². The number of carbonyl (C=O) groups excluding carboxylic acids is 3. The molecule has 0 spiro atoms. The summed E-state index contributed by atoms with van der Waals surface area (Å²) in [7, 11) is 0. The maximum Gasteiger partial charge on any atom is 0.261 e. The van der Waals surface area contributed by atoms with Gasteiger partial charge in [0.1, 0.15) is 0 Å². The Morgan fingerprint density at radius 1 is 0.818 bits per heavy atom. The Morgan fingerprint density at radius 2 is 1.45 bits per heavy atom. The molecule has 3 amide bonds. The van der Waals surface area contributed by atoms with E-state index in [0.29, 0.717) is 16.7 Å². The first-order chi connectivity index (χ1) is 16.1. The average Bonchev–Trinajstić information content (AvgIpc) is 3.37. The lowest BCUT2D eigenvalue weighted by Crippen LogP contribution is -2.37. The van der Waals surface area contributed by atoms with Crippen LogP contribution in [0.5, 0.6) is 0 Å². The van der Waals surface area contributed by atoms with Crippen molar-refractivity contribution in [2.75, 3.05) is 13.1 Å². The molecule has 2 heterocycles. The maximum atomic E-state index is 12.9. The van der Waals surface area contributed by atoms with Crippen molar-refractivity contribution < 1.29 is 14.4 Å². The fourth-order valence-corrected chi connectivity index (χ4v) is 4.55. The summed E-state index contributed by atoms with van der Waals surface area (Å²) in [5.41, 5.74) is 3.18. The number of nitrogens with one attached hydrogen (secondary N) is 1. The molecule has 1 fully saturated rings. The van der Waals surface area contributed by atoms with Crippen LogP contribution in [-0.4, -0.2) is 46.7 Å². The van der Waals surface area contributed by atoms with E-state index in [1.807, 2.05) is 48.5 Å². The van der Waals surface area contributed by atoms with Gasteiger partial charge in [-0.3, -0.25) is 24.2 Å². The van der Waals surface area contributed by atoms with Crippen molar-refractivity contribution in [1.29, 1.82) is 0 Å². The number of imide groups is 1. The molecule has 2 aliphatic heterocycles. The first kappa shape index (κ1) is 21.1. The molecule has 3 aromatic rings. The number of benzene rings is 3. The van der Waals surface area contributed by atoms with Crippen molar-refractivity contribution in [2.24, 2.45) is 0 Å². The Bertz CT molecular complexity index is 1190. The SMILES string of the molecule is O=C(NC1CCN(Cc2ccccc2)C1)c1ccc2c(c1)C(=O)N(Cc1ccccc1)C2=O. The van der Waals surface area contributed by atoms with Gasteiger partial charge in [-0.25, -0.2) is 0 Å². The van der Waals surface area contributed by atoms with Crippen LogP contribution in [0.3, 0.4) is 0 Å². The van der Waals surface area contributed by atoms with Gasteiger partial charge in [-0.05, 0) is 35.7 Å². The van der Waals surface area contributed by atoms with E-state index < -0.39 is 0 Å². The zero-order chi connectivity index (χ0) is 22.8. The normalized spacial score (nSPS) is 17.9. The quantitative estimate of drug-likeness (QED) is 0.597. The molecule has 166 valence electrons. The van der Waals surface area contributed by atoms with Crippen LogP contribution in [-0.2, 0) is 13.1 Å². The lowest BCUT2D eigenvalue weighted by atomic mass is 10.0. The molecule has 1 N–H and O–H groups in total. The van der Waals surface area contributed by atoms with Crippen molar-refractivity contribution in [3.63, 3.8) is 0 Å². The summed E-state index contributed by atoms with van der Waals surface area (Å²) >= 11 is 0. The molecule has 3 aromatic carbocycles. The predicted octanol–water partition coefficient (Wildman–Crippen LogP) is 3.49. The highest BCUT2D eigenvalue weighted by atomic mass is 16.2. The summed E-state index contributed by atoms with van der Waals surface area (Å²) in [6.07, 6.45) is 0.881. The maximum absolute atomic E-state index is 12.9. The third-order valence-corrected chi connectivity index (χ3v) is 6.27. The molecular weight excluding hydrogens is 414 g/mol. The minimum atomic E-state index is -0.358. The van der Waals surface area contributed by atoms with E-state index in [1.54, 1.807) is 18.2 Å². The van der Waals surface area contributed by atoms with Crippen LogP contribution < -0.4 is 5.32 Å². The van der Waals surface area contributed by atoms with Crippen molar-refractivity contribution in [3.05, 3.63) is 107 Å². The molecule has 33 heavy (non-hydrogen) atoms. The van der Waals surface area contributed by atoms with Gasteiger partial charge >= 0.3 is 0 Å². The zero-order valence-electron chi connectivity index (χ0n) is 18.2. The molecule has 0 aromatic heterocycles. The number of carbonyl (C=O) groups is 3. The Labute approximate surface area is 192 Å². The van der Waals surface area contributed by atoms with Gasteiger partial charge in [0.15, 0.2) is 0 Å². The molecule has 6 nitrogen and oxygen atoms in total. The monoisotopic (exact) mass is 439 g/mol. The highest BCUT2D eigenvalue weighted by Crippen LogP contribution is 2.26. The minimum absolute atomic E-state index is 0.0568. The molecule has 0 bridgehead atoms. The lowest BCUT2D eigenvalue weighted by Gasteiger charge is -2.17. The Hall–Kier alpha value is -3.77. The van der Waals surface area contributed by atoms with E-state index in [2.05, 4.69) is 22.3 Å². The van der Waals surface area contributed by atoms with Crippen molar-refractivity contribution in [1.82, 2.24) is 15.1 Å². The highest BCUT2D eigenvalue weighted by Gasteiger charge is 2.36. The number of rotatable bonds is 6. The number of hydrogen-bond donors (Lipinski definition) is 1. The summed E-state index contributed by atoms with van der Waals surface area (Å²) < 4.78 is 0. The fourth-order valence-electron chi connectivity index (χ4n) is 4.55. The van der Waals surface area contributed by atoms with Crippen molar-refractivity contribution >= 4 is 17.7 Å². The van der Waals surface area contributed by atoms with Gasteiger partial charge < -0.3 is 5.32 Å². The standard InChI is InChI=1S/C27H25N3O3/c31-25(28-22-13-14-29(18-22)16-19-7-3-1-4-8-19)21-11-12-23-24(15-21)27(33)30(26(23)32)17-20-9-5-2-6-10-20/h1-12,15,22H,13-14,16-18H2,(H,28,31). The Balaban J connectivity index is 1.23. The van der Waals surface area contributed by atoms with Gasteiger partial charge in [0.05, 0.1) is 17.7 Å². The smallest absolute Gasteiger partial charge is 0.261 e. The summed E-state index contributed by atoms with van der Waals surface area (Å²) in [5.74, 6) is -0.896. The van der Waals surface area contributed by atoms with E-state index >= 15 is 0 Å². The van der Waals surface area contributed by atoms with Crippen LogP contribution in [0.25, 0.3) is 0 Å². The van der Waals surface area contributed by atoms with Gasteiger partial charge in [-0.2, -0.15) is 0 Å². The van der Waals surface area contributed by atoms with E-state index in [9.17, 15) is 14.4 Å². The second kappa shape index (κ2) is 9.00. The number of amides is 3. The predicted molar refractivity (Wildman–Crippen MR) is 125 cm³/mol. The molecule has 1 unspecified atom stereocenters. The number of nitrogens with zero attached hydrogens (tertiary/aromatic N) is 2. The first-order valence-electron chi connectivity index (χ1n) is 11.2. The van der Waals surface area contributed by atoms with Crippen LogP contribution in [0.4, 0.5) is 0 Å². The molecule has 6 heteroatoms. The average molecular weight is 440 g/mol. The van der Waals surface area contributed by atoms with Crippen molar-refractivity contribution in [3.8, 4) is 0 Å². The van der Waals surface area contributed by atoms with Crippen LogP contribution in [0, 0.1) is 0 Å². The highest BCUT2D eigenvalue weighted by molar-refractivity contribution is 6.22.